The monoisotopic (exact) mass is 424 g/mol. The lowest BCUT2D eigenvalue weighted by molar-refractivity contribution is 0.0713. The maximum Gasteiger partial charge on any atom is 0.289 e. The largest absolute Gasteiger partial charge is 0.455 e. The molecular formula is C23H24N2O4S. The van der Waals surface area contributed by atoms with Crippen LogP contribution in [0, 0.1) is 6.92 Å². The molecule has 0 aliphatic carbocycles. The Bertz CT molecular complexity index is 1110. The Kier molecular flexibility index (Phi) is 5.63. The molecular weight excluding hydrogens is 400 g/mol. The van der Waals surface area contributed by atoms with Crippen LogP contribution in [0.3, 0.4) is 0 Å². The number of aryl methyl sites for hydroxylation is 1. The summed E-state index contributed by atoms with van der Waals surface area (Å²) in [6, 6.07) is 19.9. The molecule has 0 saturated carbocycles. The van der Waals surface area contributed by atoms with Gasteiger partial charge in [0.1, 0.15) is 11.5 Å². The van der Waals surface area contributed by atoms with Gasteiger partial charge in [-0.25, -0.2) is 8.42 Å². The molecule has 1 amide bonds. The smallest absolute Gasteiger partial charge is 0.289 e. The fourth-order valence-corrected chi connectivity index (χ4v) is 4.80. The predicted molar refractivity (Wildman–Crippen MR) is 115 cm³/mol. The van der Waals surface area contributed by atoms with E-state index in [1.807, 2.05) is 25.1 Å². The molecule has 0 N–H and O–H groups in total. The number of piperazine rings is 1. The van der Waals surface area contributed by atoms with Gasteiger partial charge in [0.05, 0.1) is 4.90 Å². The molecule has 6 nitrogen and oxygen atoms in total. The number of rotatable bonds is 5. The lowest BCUT2D eigenvalue weighted by atomic mass is 10.2. The molecule has 0 atom stereocenters. The van der Waals surface area contributed by atoms with Gasteiger partial charge in [-0.1, -0.05) is 35.9 Å². The highest BCUT2D eigenvalue weighted by Gasteiger charge is 2.25. The summed E-state index contributed by atoms with van der Waals surface area (Å²) in [6.45, 7) is 4.56. The Morgan fingerprint density at radius 3 is 2.23 bits per heavy atom. The van der Waals surface area contributed by atoms with Crippen molar-refractivity contribution in [2.45, 2.75) is 17.6 Å². The minimum atomic E-state index is -3.53. The fraction of sp³-hybridized carbons (Fsp3) is 0.261. The minimum absolute atomic E-state index is 0.178. The maximum atomic E-state index is 12.8. The number of furan rings is 1. The van der Waals surface area contributed by atoms with Crippen molar-refractivity contribution in [3.63, 3.8) is 0 Å². The first kappa shape index (κ1) is 20.2. The first-order valence-electron chi connectivity index (χ1n) is 9.90. The molecule has 2 aromatic carbocycles. The second kappa shape index (κ2) is 8.36. The summed E-state index contributed by atoms with van der Waals surface area (Å²) in [5, 5.41) is 0. The number of sulfone groups is 1. The summed E-state index contributed by atoms with van der Waals surface area (Å²) in [5.74, 6) is -0.0358. The van der Waals surface area contributed by atoms with Gasteiger partial charge in [0, 0.05) is 31.9 Å². The van der Waals surface area contributed by atoms with Crippen LogP contribution in [0.25, 0.3) is 0 Å². The van der Waals surface area contributed by atoms with Crippen molar-refractivity contribution in [2.24, 2.45) is 0 Å². The molecule has 0 unspecified atom stereocenters. The van der Waals surface area contributed by atoms with Crippen molar-refractivity contribution in [2.75, 3.05) is 31.1 Å². The average molecular weight is 425 g/mol. The zero-order chi connectivity index (χ0) is 21.1. The van der Waals surface area contributed by atoms with Crippen molar-refractivity contribution in [1.82, 2.24) is 4.90 Å². The molecule has 0 radical (unpaired) electrons. The molecule has 30 heavy (non-hydrogen) atoms. The topological polar surface area (TPSA) is 70.8 Å². The van der Waals surface area contributed by atoms with Crippen LogP contribution in [0.2, 0.25) is 0 Å². The molecule has 4 rings (SSSR count). The van der Waals surface area contributed by atoms with E-state index < -0.39 is 9.84 Å². The van der Waals surface area contributed by atoms with E-state index in [1.54, 1.807) is 41.3 Å². The molecule has 7 heteroatoms. The maximum absolute atomic E-state index is 12.8. The van der Waals surface area contributed by atoms with E-state index in [4.69, 9.17) is 4.42 Å². The molecule has 2 heterocycles. The number of carbonyl (C=O) groups is 1. The lowest BCUT2D eigenvalue weighted by Gasteiger charge is -2.35. The Morgan fingerprint density at radius 2 is 1.57 bits per heavy atom. The number of benzene rings is 2. The number of nitrogens with zero attached hydrogens (tertiary/aromatic N) is 2. The SMILES string of the molecule is Cc1ccc(S(=O)(=O)Cc2ccc(C(=O)N3CCN(c4ccccc4)CC3)o2)cc1. The highest BCUT2D eigenvalue weighted by Crippen LogP contribution is 2.21. The summed E-state index contributed by atoms with van der Waals surface area (Å²) in [7, 11) is -3.53. The quantitative estimate of drug-likeness (QED) is 0.627. The van der Waals surface area contributed by atoms with Crippen LogP contribution in [-0.2, 0) is 15.6 Å². The summed E-state index contributed by atoms with van der Waals surface area (Å²) in [6.07, 6.45) is 0. The van der Waals surface area contributed by atoms with Gasteiger partial charge in [0.15, 0.2) is 15.6 Å². The predicted octanol–water partition coefficient (Wildman–Crippen LogP) is 3.52. The summed E-state index contributed by atoms with van der Waals surface area (Å²) >= 11 is 0. The van der Waals surface area contributed by atoms with Crippen LogP contribution >= 0.6 is 0 Å². The highest BCUT2D eigenvalue weighted by molar-refractivity contribution is 7.90. The third kappa shape index (κ3) is 4.41. The highest BCUT2D eigenvalue weighted by atomic mass is 32.2. The number of amides is 1. The molecule has 1 aliphatic heterocycles. The normalized spacial score (nSPS) is 14.7. The van der Waals surface area contributed by atoms with Gasteiger partial charge in [-0.15, -0.1) is 0 Å². The Labute approximate surface area is 176 Å². The first-order valence-corrected chi connectivity index (χ1v) is 11.5. The summed E-state index contributed by atoms with van der Waals surface area (Å²) < 4.78 is 30.8. The van der Waals surface area contributed by atoms with Crippen LogP contribution < -0.4 is 4.90 Å². The van der Waals surface area contributed by atoms with Crippen molar-refractivity contribution in [3.05, 3.63) is 83.8 Å². The number of anilines is 1. The van der Waals surface area contributed by atoms with Crippen LogP contribution in [0.4, 0.5) is 5.69 Å². The van der Waals surface area contributed by atoms with E-state index in [-0.39, 0.29) is 28.1 Å². The number of hydrogen-bond acceptors (Lipinski definition) is 5. The Balaban J connectivity index is 1.39. The second-order valence-electron chi connectivity index (χ2n) is 7.45. The molecule has 1 saturated heterocycles. The summed E-state index contributed by atoms with van der Waals surface area (Å²) in [5.41, 5.74) is 2.14. The van der Waals surface area contributed by atoms with Gasteiger partial charge in [-0.2, -0.15) is 0 Å². The van der Waals surface area contributed by atoms with Crippen LogP contribution in [0.1, 0.15) is 21.9 Å². The molecule has 0 bridgehead atoms. The molecule has 3 aromatic rings. The van der Waals surface area contributed by atoms with E-state index >= 15 is 0 Å². The van der Waals surface area contributed by atoms with E-state index in [9.17, 15) is 13.2 Å². The Hall–Kier alpha value is -3.06. The third-order valence-corrected chi connectivity index (χ3v) is 6.93. The van der Waals surface area contributed by atoms with Crippen molar-refractivity contribution < 1.29 is 17.6 Å². The van der Waals surface area contributed by atoms with Gasteiger partial charge in [-0.05, 0) is 43.3 Å². The Morgan fingerprint density at radius 1 is 0.900 bits per heavy atom. The number of carbonyl (C=O) groups excluding carboxylic acids is 1. The first-order chi connectivity index (χ1) is 14.4. The fourth-order valence-electron chi connectivity index (χ4n) is 3.55. The molecule has 1 aromatic heterocycles. The van der Waals surface area contributed by atoms with Gasteiger partial charge in [0.25, 0.3) is 5.91 Å². The second-order valence-corrected chi connectivity index (χ2v) is 9.44. The summed E-state index contributed by atoms with van der Waals surface area (Å²) in [4.78, 5) is 17.0. The van der Waals surface area contributed by atoms with Gasteiger partial charge >= 0.3 is 0 Å². The third-order valence-electron chi connectivity index (χ3n) is 5.27. The molecule has 1 fully saturated rings. The van der Waals surface area contributed by atoms with E-state index in [0.29, 0.717) is 13.1 Å². The lowest BCUT2D eigenvalue weighted by Crippen LogP contribution is -2.48. The molecule has 1 aliphatic rings. The van der Waals surface area contributed by atoms with E-state index in [2.05, 4.69) is 17.0 Å². The zero-order valence-electron chi connectivity index (χ0n) is 16.8. The average Bonchev–Trinajstić information content (AvgIpc) is 3.22. The van der Waals surface area contributed by atoms with Crippen molar-refractivity contribution in [3.8, 4) is 0 Å². The molecule has 156 valence electrons. The van der Waals surface area contributed by atoms with Crippen LogP contribution in [-0.4, -0.2) is 45.4 Å². The van der Waals surface area contributed by atoms with E-state index in [1.165, 1.54) is 0 Å². The van der Waals surface area contributed by atoms with Gasteiger partial charge < -0.3 is 14.2 Å². The van der Waals surface area contributed by atoms with Crippen molar-refractivity contribution in [1.29, 1.82) is 0 Å². The number of hydrogen-bond donors (Lipinski definition) is 0. The molecule has 0 spiro atoms. The van der Waals surface area contributed by atoms with Crippen LogP contribution in [0.5, 0.6) is 0 Å². The van der Waals surface area contributed by atoms with E-state index in [0.717, 1.165) is 24.3 Å². The standard InChI is InChI=1S/C23H24N2O4S/c1-18-7-10-21(11-8-18)30(27,28)17-20-9-12-22(29-20)23(26)25-15-13-24(14-16-25)19-5-3-2-4-6-19/h2-12H,13-17H2,1H3. The van der Waals surface area contributed by atoms with Gasteiger partial charge in [-0.3, -0.25) is 4.79 Å². The van der Waals surface area contributed by atoms with Crippen molar-refractivity contribution >= 4 is 21.4 Å². The minimum Gasteiger partial charge on any atom is -0.455 e. The van der Waals surface area contributed by atoms with Crippen LogP contribution in [0.15, 0.2) is 76.0 Å². The number of para-hydroxylation sites is 1. The zero-order valence-corrected chi connectivity index (χ0v) is 17.6. The van der Waals surface area contributed by atoms with Gasteiger partial charge in [0.2, 0.25) is 0 Å².